The Bertz CT molecular complexity index is 1090. The molecule has 0 aromatic heterocycles. The number of ether oxygens (including phenoxy) is 6. The van der Waals surface area contributed by atoms with E-state index in [2.05, 4.69) is 13.8 Å². The van der Waals surface area contributed by atoms with Gasteiger partial charge in [-0.2, -0.15) is 0 Å². The lowest BCUT2D eigenvalue weighted by Crippen LogP contribution is -2.45. The van der Waals surface area contributed by atoms with Crippen LogP contribution >= 0.6 is 0 Å². The van der Waals surface area contributed by atoms with Crippen LogP contribution in [0.1, 0.15) is 73.1 Å². The maximum Gasteiger partial charge on any atom is 0.338 e. The monoisotopic (exact) mass is 556 g/mol. The van der Waals surface area contributed by atoms with Crippen LogP contribution in [0.25, 0.3) is 10.8 Å². The van der Waals surface area contributed by atoms with E-state index in [-0.39, 0.29) is 22.8 Å². The summed E-state index contributed by atoms with van der Waals surface area (Å²) in [4.78, 5) is 25.3. The second kappa shape index (κ2) is 14.9. The van der Waals surface area contributed by atoms with Gasteiger partial charge in [0.05, 0.1) is 64.0 Å². The first kappa shape index (κ1) is 30.4. The van der Waals surface area contributed by atoms with Gasteiger partial charge in [-0.3, -0.25) is 0 Å². The molecular formula is C32H44O8. The van der Waals surface area contributed by atoms with E-state index in [4.69, 9.17) is 28.4 Å². The molecule has 4 rings (SSSR count). The number of hydrogen-bond donors (Lipinski definition) is 0. The topological polar surface area (TPSA) is 89.5 Å². The van der Waals surface area contributed by atoms with Gasteiger partial charge in [0.2, 0.25) is 0 Å². The van der Waals surface area contributed by atoms with Crippen molar-refractivity contribution in [2.75, 3.05) is 66.1 Å². The van der Waals surface area contributed by atoms with E-state index in [9.17, 15) is 9.59 Å². The fourth-order valence-corrected chi connectivity index (χ4v) is 4.83. The number of rotatable bonds is 18. The van der Waals surface area contributed by atoms with Gasteiger partial charge in [-0.1, -0.05) is 32.0 Å². The van der Waals surface area contributed by atoms with E-state index in [1.807, 2.05) is 6.07 Å². The summed E-state index contributed by atoms with van der Waals surface area (Å²) in [5.41, 5.74) is 1.33. The normalized spacial score (nSPS) is 17.1. The van der Waals surface area contributed by atoms with Gasteiger partial charge in [-0.05, 0) is 67.5 Å². The van der Waals surface area contributed by atoms with Crippen molar-refractivity contribution in [1.29, 1.82) is 0 Å². The van der Waals surface area contributed by atoms with Gasteiger partial charge in [-0.15, -0.1) is 0 Å². The van der Waals surface area contributed by atoms with E-state index < -0.39 is 0 Å². The average molecular weight is 557 g/mol. The molecular weight excluding hydrogens is 512 g/mol. The second-order valence-corrected chi connectivity index (χ2v) is 11.2. The first-order valence-corrected chi connectivity index (χ1v) is 14.7. The minimum absolute atomic E-state index is 0.191. The molecule has 2 fully saturated rings. The molecule has 0 N–H and O–H groups in total. The van der Waals surface area contributed by atoms with Gasteiger partial charge in [-0.25, -0.2) is 9.59 Å². The number of carbonyl (C=O) groups is 2. The number of hydrogen-bond acceptors (Lipinski definition) is 8. The van der Waals surface area contributed by atoms with E-state index in [1.165, 1.54) is 0 Å². The number of esters is 2. The van der Waals surface area contributed by atoms with Crippen molar-refractivity contribution in [3.63, 3.8) is 0 Å². The van der Waals surface area contributed by atoms with Crippen LogP contribution in [0.15, 0.2) is 36.4 Å². The van der Waals surface area contributed by atoms with E-state index in [1.54, 1.807) is 30.3 Å². The first-order chi connectivity index (χ1) is 19.5. The van der Waals surface area contributed by atoms with Crippen LogP contribution in [0, 0.1) is 10.8 Å². The van der Waals surface area contributed by atoms with Gasteiger partial charge in [0.15, 0.2) is 0 Å². The quantitative estimate of drug-likeness (QED) is 0.173. The van der Waals surface area contributed by atoms with Crippen molar-refractivity contribution < 1.29 is 38.0 Å². The van der Waals surface area contributed by atoms with Crippen LogP contribution in [0.3, 0.4) is 0 Å². The van der Waals surface area contributed by atoms with Crippen molar-refractivity contribution >= 4 is 22.7 Å². The fourth-order valence-electron chi connectivity index (χ4n) is 4.83. The average Bonchev–Trinajstić information content (AvgIpc) is 2.93. The Labute approximate surface area is 237 Å². The van der Waals surface area contributed by atoms with Gasteiger partial charge in [0.1, 0.15) is 0 Å². The molecule has 2 aliphatic heterocycles. The standard InChI is InChI=1S/C32H44O8/c1-3-31(21-37-22-31)19-35-14-5-7-16-39-29(33)26-12-13-27-25(18-26)10-9-11-28(27)30(34)40-17-8-6-15-36-20-32(4-2)23-38-24-32/h9-13,18H,3-8,14-17,19-24H2,1-2H3. The summed E-state index contributed by atoms with van der Waals surface area (Å²) in [7, 11) is 0. The maximum atomic E-state index is 12.7. The number of fused-ring (bicyclic) bond motifs is 1. The summed E-state index contributed by atoms with van der Waals surface area (Å²) in [6.45, 7) is 10.9. The molecule has 220 valence electrons. The van der Waals surface area contributed by atoms with Crippen molar-refractivity contribution in [2.24, 2.45) is 10.8 Å². The zero-order valence-electron chi connectivity index (χ0n) is 24.0. The molecule has 2 heterocycles. The fraction of sp³-hybridized carbons (Fsp3) is 0.625. The highest BCUT2D eigenvalue weighted by Gasteiger charge is 2.37. The molecule has 2 aliphatic rings. The minimum Gasteiger partial charge on any atom is -0.462 e. The van der Waals surface area contributed by atoms with E-state index in [0.717, 1.165) is 88.9 Å². The highest BCUT2D eigenvalue weighted by Crippen LogP contribution is 2.32. The van der Waals surface area contributed by atoms with Crippen molar-refractivity contribution in [2.45, 2.75) is 52.4 Å². The predicted molar refractivity (Wildman–Crippen MR) is 152 cm³/mol. The summed E-state index contributed by atoms with van der Waals surface area (Å²) in [5.74, 6) is -0.737. The molecule has 40 heavy (non-hydrogen) atoms. The van der Waals surface area contributed by atoms with Crippen molar-refractivity contribution in [1.82, 2.24) is 0 Å². The third kappa shape index (κ3) is 8.03. The Kier molecular flexibility index (Phi) is 11.4. The Balaban J connectivity index is 1.14. The van der Waals surface area contributed by atoms with Crippen LogP contribution in [0.2, 0.25) is 0 Å². The zero-order chi connectivity index (χ0) is 28.3. The first-order valence-electron chi connectivity index (χ1n) is 14.7. The molecule has 8 heteroatoms. The molecule has 0 unspecified atom stereocenters. The second-order valence-electron chi connectivity index (χ2n) is 11.2. The van der Waals surface area contributed by atoms with Crippen LogP contribution in [-0.4, -0.2) is 78.0 Å². The van der Waals surface area contributed by atoms with Gasteiger partial charge >= 0.3 is 11.9 Å². The van der Waals surface area contributed by atoms with E-state index >= 15 is 0 Å². The van der Waals surface area contributed by atoms with Gasteiger partial charge < -0.3 is 28.4 Å². The lowest BCUT2D eigenvalue weighted by atomic mass is 9.84. The summed E-state index contributed by atoms with van der Waals surface area (Å²) in [6, 6.07) is 10.7. The Morgan fingerprint density at radius 2 is 1.27 bits per heavy atom. The molecule has 2 saturated heterocycles. The predicted octanol–water partition coefficient (Wildman–Crippen LogP) is 5.60. The van der Waals surface area contributed by atoms with Crippen LogP contribution in [0.5, 0.6) is 0 Å². The highest BCUT2D eigenvalue weighted by molar-refractivity contribution is 6.06. The molecule has 0 amide bonds. The third-order valence-electron chi connectivity index (χ3n) is 8.12. The Morgan fingerprint density at radius 1 is 0.725 bits per heavy atom. The molecule has 0 atom stereocenters. The summed E-state index contributed by atoms with van der Waals surface area (Å²) in [5, 5.41) is 1.54. The van der Waals surface area contributed by atoms with Gasteiger partial charge in [0, 0.05) is 24.0 Å². The molecule has 0 radical (unpaired) electrons. The molecule has 2 aromatic carbocycles. The Hall–Kier alpha value is -2.52. The summed E-state index contributed by atoms with van der Waals surface area (Å²) in [6.07, 6.45) is 5.26. The third-order valence-corrected chi connectivity index (χ3v) is 8.12. The molecule has 2 aromatic rings. The van der Waals surface area contributed by atoms with Crippen LogP contribution in [-0.2, 0) is 28.4 Å². The summed E-state index contributed by atoms with van der Waals surface area (Å²) < 4.78 is 33.2. The number of unbranched alkanes of at least 4 members (excludes halogenated alkanes) is 2. The minimum atomic E-state index is -0.371. The molecule has 0 aliphatic carbocycles. The molecule has 8 nitrogen and oxygen atoms in total. The Morgan fingerprint density at radius 3 is 1.80 bits per heavy atom. The highest BCUT2D eigenvalue weighted by atomic mass is 16.5. The lowest BCUT2D eigenvalue weighted by molar-refractivity contribution is -0.150. The summed E-state index contributed by atoms with van der Waals surface area (Å²) >= 11 is 0. The van der Waals surface area contributed by atoms with E-state index in [0.29, 0.717) is 37.6 Å². The van der Waals surface area contributed by atoms with Crippen LogP contribution < -0.4 is 0 Å². The van der Waals surface area contributed by atoms with Crippen molar-refractivity contribution in [3.05, 3.63) is 47.5 Å². The number of carbonyl (C=O) groups excluding carboxylic acids is 2. The molecule has 0 saturated carbocycles. The zero-order valence-corrected chi connectivity index (χ0v) is 24.0. The van der Waals surface area contributed by atoms with Crippen LogP contribution in [0.4, 0.5) is 0 Å². The maximum absolute atomic E-state index is 12.7. The van der Waals surface area contributed by atoms with Gasteiger partial charge in [0.25, 0.3) is 0 Å². The van der Waals surface area contributed by atoms with Crippen molar-refractivity contribution in [3.8, 4) is 0 Å². The molecule has 0 spiro atoms. The molecule has 0 bridgehead atoms. The smallest absolute Gasteiger partial charge is 0.338 e. The number of benzene rings is 2. The lowest BCUT2D eigenvalue weighted by Gasteiger charge is -2.40. The SMILES string of the molecule is CCC1(COCCCCOC(=O)c2ccc3c(C(=O)OCCCCOCC4(CC)COC4)cccc3c2)COC1. The largest absolute Gasteiger partial charge is 0.462 e.